The number of hydrogen-bond acceptors (Lipinski definition) is 2. The van der Waals surface area contributed by atoms with Crippen LogP contribution in [0.25, 0.3) is 0 Å². The topological polar surface area (TPSA) is 66.4 Å². The van der Waals surface area contributed by atoms with Crippen LogP contribution in [0.5, 0.6) is 0 Å². The summed E-state index contributed by atoms with van der Waals surface area (Å²) < 4.78 is 0. The average Bonchev–Trinajstić information content (AvgIpc) is 2.49. The third-order valence-corrected chi connectivity index (χ3v) is 3.33. The van der Waals surface area contributed by atoms with Gasteiger partial charge in [0, 0.05) is 5.69 Å². The molecule has 0 aromatic heterocycles. The lowest BCUT2D eigenvalue weighted by atomic mass is 9.84. The third-order valence-electron chi connectivity index (χ3n) is 3.33. The van der Waals surface area contributed by atoms with Crippen LogP contribution in [0.15, 0.2) is 12.1 Å². The van der Waals surface area contributed by atoms with E-state index in [9.17, 15) is 9.59 Å². The first kappa shape index (κ1) is 11.6. The maximum atomic E-state index is 11.8. The molecule has 2 rings (SSSR count). The normalized spacial score (nSPS) is 16.5. The van der Waals surface area contributed by atoms with E-state index >= 15 is 0 Å². The highest BCUT2D eigenvalue weighted by atomic mass is 16.4. The van der Waals surface area contributed by atoms with E-state index in [1.54, 1.807) is 26.0 Å². The van der Waals surface area contributed by atoms with Gasteiger partial charge in [-0.1, -0.05) is 6.92 Å². The van der Waals surface area contributed by atoms with Crippen molar-refractivity contribution in [1.29, 1.82) is 0 Å². The van der Waals surface area contributed by atoms with Gasteiger partial charge in [-0.25, -0.2) is 4.79 Å². The molecule has 0 atom stereocenters. The van der Waals surface area contributed by atoms with Crippen LogP contribution in [-0.2, 0) is 16.6 Å². The van der Waals surface area contributed by atoms with Gasteiger partial charge in [0.25, 0.3) is 0 Å². The Balaban J connectivity index is 2.70. The number of amides is 1. The number of aromatic carboxylic acids is 1. The Morgan fingerprint density at radius 1 is 1.41 bits per heavy atom. The second-order valence-corrected chi connectivity index (χ2v) is 4.80. The minimum Gasteiger partial charge on any atom is -0.478 e. The number of carbonyl (C=O) groups is 2. The van der Waals surface area contributed by atoms with Gasteiger partial charge in [0.2, 0.25) is 5.91 Å². The molecule has 4 nitrogen and oxygen atoms in total. The highest BCUT2D eigenvalue weighted by Crippen LogP contribution is 2.40. The molecule has 0 radical (unpaired) electrons. The zero-order valence-electron chi connectivity index (χ0n) is 10.1. The van der Waals surface area contributed by atoms with Gasteiger partial charge in [-0.3, -0.25) is 4.79 Å². The molecule has 1 aliphatic heterocycles. The van der Waals surface area contributed by atoms with Crippen LogP contribution < -0.4 is 5.32 Å². The Morgan fingerprint density at radius 3 is 2.59 bits per heavy atom. The number of benzene rings is 1. The zero-order valence-corrected chi connectivity index (χ0v) is 10.1. The lowest BCUT2D eigenvalue weighted by Gasteiger charge is -2.16. The van der Waals surface area contributed by atoms with E-state index < -0.39 is 11.4 Å². The molecule has 1 amide bonds. The first-order valence-electron chi connectivity index (χ1n) is 5.60. The molecule has 1 aliphatic rings. The summed E-state index contributed by atoms with van der Waals surface area (Å²) in [5.41, 5.74) is 2.01. The van der Waals surface area contributed by atoms with Crippen molar-refractivity contribution in [2.24, 2.45) is 0 Å². The van der Waals surface area contributed by atoms with Crippen molar-refractivity contribution in [2.45, 2.75) is 32.6 Å². The zero-order chi connectivity index (χ0) is 12.8. The van der Waals surface area contributed by atoms with Gasteiger partial charge < -0.3 is 10.4 Å². The lowest BCUT2D eigenvalue weighted by molar-refractivity contribution is -0.119. The first-order chi connectivity index (χ1) is 7.87. The van der Waals surface area contributed by atoms with Gasteiger partial charge in [0.05, 0.1) is 11.0 Å². The number of anilines is 1. The van der Waals surface area contributed by atoms with E-state index in [2.05, 4.69) is 5.32 Å². The molecule has 4 heteroatoms. The smallest absolute Gasteiger partial charge is 0.335 e. The molecule has 90 valence electrons. The van der Waals surface area contributed by atoms with E-state index in [4.69, 9.17) is 5.11 Å². The molecule has 0 saturated carbocycles. The van der Waals surface area contributed by atoms with Crippen molar-refractivity contribution >= 4 is 17.6 Å². The summed E-state index contributed by atoms with van der Waals surface area (Å²) in [6.07, 6.45) is 0.694. The molecule has 1 aromatic carbocycles. The summed E-state index contributed by atoms with van der Waals surface area (Å²) >= 11 is 0. The quantitative estimate of drug-likeness (QED) is 0.822. The molecule has 1 aromatic rings. The number of carboxylic acid groups (broad SMARTS) is 1. The van der Waals surface area contributed by atoms with Crippen LogP contribution in [0.4, 0.5) is 5.69 Å². The molecule has 2 N–H and O–H groups in total. The van der Waals surface area contributed by atoms with Crippen molar-refractivity contribution in [3.63, 3.8) is 0 Å². The van der Waals surface area contributed by atoms with Crippen molar-refractivity contribution in [3.05, 3.63) is 28.8 Å². The fourth-order valence-electron chi connectivity index (χ4n) is 2.14. The first-order valence-corrected chi connectivity index (χ1v) is 5.60. The van der Waals surface area contributed by atoms with Gasteiger partial charge in [-0.05, 0) is 43.5 Å². The Morgan fingerprint density at radius 2 is 2.06 bits per heavy atom. The van der Waals surface area contributed by atoms with Crippen molar-refractivity contribution in [2.75, 3.05) is 5.32 Å². The number of aryl methyl sites for hydroxylation is 1. The van der Waals surface area contributed by atoms with Crippen LogP contribution >= 0.6 is 0 Å². The van der Waals surface area contributed by atoms with E-state index in [1.807, 2.05) is 6.92 Å². The van der Waals surface area contributed by atoms with E-state index in [0.717, 1.165) is 16.8 Å². The molecule has 0 saturated heterocycles. The van der Waals surface area contributed by atoms with E-state index in [1.165, 1.54) is 0 Å². The van der Waals surface area contributed by atoms with Crippen LogP contribution in [0, 0.1) is 0 Å². The number of hydrogen-bond donors (Lipinski definition) is 2. The molecule has 1 heterocycles. The van der Waals surface area contributed by atoms with Gasteiger partial charge in [0.15, 0.2) is 0 Å². The number of carbonyl (C=O) groups excluding carboxylic acids is 1. The molecule has 0 spiro atoms. The van der Waals surface area contributed by atoms with Gasteiger partial charge >= 0.3 is 5.97 Å². The molecule has 0 aliphatic carbocycles. The number of nitrogens with one attached hydrogen (secondary N) is 1. The summed E-state index contributed by atoms with van der Waals surface area (Å²) in [5, 5.41) is 11.9. The summed E-state index contributed by atoms with van der Waals surface area (Å²) in [7, 11) is 0. The maximum absolute atomic E-state index is 11.8. The van der Waals surface area contributed by atoms with Gasteiger partial charge in [-0.15, -0.1) is 0 Å². The van der Waals surface area contributed by atoms with Crippen LogP contribution in [0.3, 0.4) is 0 Å². The highest BCUT2D eigenvalue weighted by molar-refractivity contribution is 6.07. The SMILES string of the molecule is CCc1cc(C(=O)O)cc2c1NC(=O)C2(C)C. The third kappa shape index (κ3) is 1.60. The number of rotatable bonds is 2. The minimum absolute atomic E-state index is 0.0789. The molecule has 0 bridgehead atoms. The average molecular weight is 233 g/mol. The van der Waals surface area contributed by atoms with E-state index in [-0.39, 0.29) is 11.5 Å². The lowest BCUT2D eigenvalue weighted by Crippen LogP contribution is -2.26. The monoisotopic (exact) mass is 233 g/mol. The maximum Gasteiger partial charge on any atom is 0.335 e. The van der Waals surface area contributed by atoms with Crippen molar-refractivity contribution in [3.8, 4) is 0 Å². The largest absolute Gasteiger partial charge is 0.478 e. The standard InChI is InChI=1S/C13H15NO3/c1-4-7-5-8(11(15)16)6-9-10(7)14-12(17)13(9,2)3/h5-6H,4H2,1-3H3,(H,14,17)(H,15,16). The summed E-state index contributed by atoms with van der Waals surface area (Å²) in [6, 6.07) is 3.22. The van der Waals surface area contributed by atoms with Crippen molar-refractivity contribution in [1.82, 2.24) is 0 Å². The molecular formula is C13H15NO3. The molecular weight excluding hydrogens is 218 g/mol. The fourth-order valence-corrected chi connectivity index (χ4v) is 2.14. The van der Waals surface area contributed by atoms with Crippen LogP contribution in [0.1, 0.15) is 42.3 Å². The van der Waals surface area contributed by atoms with Crippen LogP contribution in [0.2, 0.25) is 0 Å². The summed E-state index contributed by atoms with van der Waals surface area (Å²) in [5.74, 6) is -1.04. The fraction of sp³-hybridized carbons (Fsp3) is 0.385. The molecule has 0 fully saturated rings. The predicted octanol–water partition coefficient (Wildman–Crippen LogP) is 2.18. The van der Waals surface area contributed by atoms with Gasteiger partial charge in [0.1, 0.15) is 0 Å². The highest BCUT2D eigenvalue weighted by Gasteiger charge is 2.39. The van der Waals surface area contributed by atoms with Gasteiger partial charge in [-0.2, -0.15) is 0 Å². The number of carboxylic acids is 1. The number of fused-ring (bicyclic) bond motifs is 1. The minimum atomic E-state index is -0.961. The second-order valence-electron chi connectivity index (χ2n) is 4.80. The molecule has 0 unspecified atom stereocenters. The molecule has 17 heavy (non-hydrogen) atoms. The predicted molar refractivity (Wildman–Crippen MR) is 64.4 cm³/mol. The van der Waals surface area contributed by atoms with Crippen LogP contribution in [-0.4, -0.2) is 17.0 Å². The Labute approximate surface area is 99.6 Å². The van der Waals surface area contributed by atoms with E-state index in [0.29, 0.717) is 6.42 Å². The Kier molecular flexibility index (Phi) is 2.45. The second kappa shape index (κ2) is 3.58. The summed E-state index contributed by atoms with van der Waals surface area (Å²) in [6.45, 7) is 5.55. The Bertz CT molecular complexity index is 518. The Hall–Kier alpha value is -1.84. The summed E-state index contributed by atoms with van der Waals surface area (Å²) in [4.78, 5) is 22.9. The van der Waals surface area contributed by atoms with Crippen molar-refractivity contribution < 1.29 is 14.7 Å².